The third kappa shape index (κ3) is 6.74. The summed E-state index contributed by atoms with van der Waals surface area (Å²) in [5, 5.41) is 20.6. The molecule has 34 heavy (non-hydrogen) atoms. The molecule has 0 radical (unpaired) electrons. The van der Waals surface area contributed by atoms with Gasteiger partial charge in [0.25, 0.3) is 0 Å². The van der Waals surface area contributed by atoms with Crippen molar-refractivity contribution < 1.29 is 36.6 Å². The lowest BCUT2D eigenvalue weighted by atomic mass is 9.96. The Balaban J connectivity index is 2.20. The zero-order chi connectivity index (χ0) is 25.8. The van der Waals surface area contributed by atoms with Crippen LogP contribution in [0.15, 0.2) is 34.3 Å². The van der Waals surface area contributed by atoms with Crippen LogP contribution in [0.5, 0.6) is 11.5 Å². The summed E-state index contributed by atoms with van der Waals surface area (Å²) in [6.07, 6.45) is -6.98. The number of hydrogen-bond acceptors (Lipinski definition) is 4. The Hall–Kier alpha value is -3.04. The van der Waals surface area contributed by atoms with Crippen LogP contribution in [0.4, 0.5) is 26.3 Å². The van der Waals surface area contributed by atoms with Crippen LogP contribution in [0.3, 0.4) is 0 Å². The molecule has 0 fully saturated rings. The van der Waals surface area contributed by atoms with Gasteiger partial charge in [-0.1, -0.05) is 27.7 Å². The van der Waals surface area contributed by atoms with Gasteiger partial charge in [0.05, 0.1) is 24.2 Å². The van der Waals surface area contributed by atoms with Crippen molar-refractivity contribution in [1.82, 2.24) is 0 Å². The largest absolute Gasteiger partial charge is 0.507 e. The Labute approximate surface area is 193 Å². The van der Waals surface area contributed by atoms with E-state index in [0.717, 1.165) is 36.7 Å². The van der Waals surface area contributed by atoms with Gasteiger partial charge in [0.15, 0.2) is 0 Å². The molecule has 2 aromatic carbocycles. The minimum Gasteiger partial charge on any atom is -0.507 e. The first-order valence-corrected chi connectivity index (χ1v) is 10.5. The van der Waals surface area contributed by atoms with Crippen LogP contribution in [0, 0.1) is 0 Å². The molecule has 0 saturated heterocycles. The summed E-state index contributed by atoms with van der Waals surface area (Å²) in [6, 6.07) is 3.38. The van der Waals surface area contributed by atoms with E-state index in [0.29, 0.717) is 0 Å². The Kier molecular flexibility index (Phi) is 8.39. The lowest BCUT2D eigenvalue weighted by Gasteiger charge is -2.15. The van der Waals surface area contributed by atoms with Gasteiger partial charge in [-0.05, 0) is 47.2 Å². The van der Waals surface area contributed by atoms with Crippen LogP contribution >= 0.6 is 0 Å². The zero-order valence-electron chi connectivity index (χ0n) is 19.1. The van der Waals surface area contributed by atoms with E-state index in [9.17, 15) is 36.6 Å². The second-order valence-electron chi connectivity index (χ2n) is 8.38. The van der Waals surface area contributed by atoms with Gasteiger partial charge in [-0.15, -0.1) is 0 Å². The van der Waals surface area contributed by atoms with Crippen LogP contribution in [-0.4, -0.2) is 35.7 Å². The van der Waals surface area contributed by atoms with Gasteiger partial charge in [-0.3, -0.25) is 9.98 Å². The topological polar surface area (TPSA) is 65.2 Å². The summed E-state index contributed by atoms with van der Waals surface area (Å²) in [7, 11) is 0. The molecule has 0 aliphatic rings. The smallest absolute Gasteiger partial charge is 0.416 e. The summed E-state index contributed by atoms with van der Waals surface area (Å²) in [5.41, 5.74) is -1.74. The van der Waals surface area contributed by atoms with E-state index in [2.05, 4.69) is 9.98 Å². The Bertz CT molecular complexity index is 985. The lowest BCUT2D eigenvalue weighted by Crippen LogP contribution is -2.08. The molecule has 10 heteroatoms. The van der Waals surface area contributed by atoms with Gasteiger partial charge in [0.2, 0.25) is 0 Å². The third-order valence-corrected chi connectivity index (χ3v) is 5.06. The normalized spacial score (nSPS) is 13.2. The molecule has 2 N–H and O–H groups in total. The number of phenolic OH excluding ortho intramolecular Hbond substituents is 2. The molecule has 0 unspecified atom stereocenters. The molecule has 0 aliphatic carbocycles. The SMILES string of the molecule is CC(C)c1cc(C(F)(F)F)cc(C=NCCN=Cc2cc(C(F)(F)F)cc(C(C)C)c2O)c1O. The second-order valence-corrected chi connectivity index (χ2v) is 8.38. The Morgan fingerprint density at radius 2 is 1.00 bits per heavy atom. The van der Waals surface area contributed by atoms with Crippen molar-refractivity contribution in [2.75, 3.05) is 13.1 Å². The molecular weight excluding hydrogens is 462 g/mol. The monoisotopic (exact) mass is 488 g/mol. The standard InChI is InChI=1S/C24H26F6N2O2/c1-13(2)19-9-17(23(25,26)27)7-15(21(19)33)11-31-5-6-32-12-16-8-18(24(28,29)30)10-20(14(3)4)22(16)34/h7-14,33-34H,5-6H2,1-4H3. The maximum atomic E-state index is 13.2. The Morgan fingerprint density at radius 3 is 1.26 bits per heavy atom. The minimum absolute atomic E-state index is 0.0000411. The van der Waals surface area contributed by atoms with Crippen molar-refractivity contribution >= 4 is 12.4 Å². The highest BCUT2D eigenvalue weighted by atomic mass is 19.4. The lowest BCUT2D eigenvalue weighted by molar-refractivity contribution is -0.138. The molecule has 0 aliphatic heterocycles. The first-order chi connectivity index (χ1) is 15.6. The van der Waals surface area contributed by atoms with Crippen molar-refractivity contribution in [3.8, 4) is 11.5 Å². The van der Waals surface area contributed by atoms with E-state index in [1.807, 2.05) is 0 Å². The first-order valence-electron chi connectivity index (χ1n) is 10.5. The van der Waals surface area contributed by atoms with Gasteiger partial charge in [-0.2, -0.15) is 26.3 Å². The maximum Gasteiger partial charge on any atom is 0.416 e. The average molecular weight is 488 g/mol. The highest BCUT2D eigenvalue weighted by molar-refractivity contribution is 5.85. The fraction of sp³-hybridized carbons (Fsp3) is 0.417. The number of rotatable bonds is 7. The molecular formula is C24H26F6N2O2. The van der Waals surface area contributed by atoms with Crippen LogP contribution in [-0.2, 0) is 12.4 Å². The number of hydrogen-bond donors (Lipinski definition) is 2. The molecule has 0 spiro atoms. The van der Waals surface area contributed by atoms with Gasteiger partial charge in [0.1, 0.15) is 11.5 Å². The second kappa shape index (κ2) is 10.5. The van der Waals surface area contributed by atoms with Crippen molar-refractivity contribution in [3.05, 3.63) is 57.6 Å². The van der Waals surface area contributed by atoms with E-state index >= 15 is 0 Å². The van der Waals surface area contributed by atoms with Gasteiger partial charge >= 0.3 is 12.4 Å². The van der Waals surface area contributed by atoms with Crippen molar-refractivity contribution in [1.29, 1.82) is 0 Å². The molecule has 2 rings (SSSR count). The molecule has 0 saturated carbocycles. The van der Waals surface area contributed by atoms with E-state index in [1.165, 1.54) is 0 Å². The van der Waals surface area contributed by atoms with E-state index in [4.69, 9.17) is 0 Å². The van der Waals surface area contributed by atoms with Gasteiger partial charge in [-0.25, -0.2) is 0 Å². The molecule has 4 nitrogen and oxygen atoms in total. The summed E-state index contributed by atoms with van der Waals surface area (Å²) >= 11 is 0. The van der Waals surface area contributed by atoms with Gasteiger partial charge in [0, 0.05) is 23.6 Å². The highest BCUT2D eigenvalue weighted by Gasteiger charge is 2.33. The molecule has 186 valence electrons. The first kappa shape index (κ1) is 27.2. The molecule has 2 aromatic rings. The number of halogens is 6. The number of aliphatic imine (C=N–C) groups is 2. The summed E-state index contributed by atoms with van der Waals surface area (Å²) in [6.45, 7) is 6.61. The molecule has 0 atom stereocenters. The third-order valence-electron chi connectivity index (χ3n) is 5.06. The van der Waals surface area contributed by atoms with Crippen LogP contribution < -0.4 is 0 Å². The zero-order valence-corrected chi connectivity index (χ0v) is 19.1. The number of benzene rings is 2. The predicted octanol–water partition coefficient (Wildman–Crippen LogP) is 6.92. The van der Waals surface area contributed by atoms with Crippen molar-refractivity contribution in [2.45, 2.75) is 51.9 Å². The Morgan fingerprint density at radius 1 is 0.676 bits per heavy atom. The number of nitrogens with zero attached hydrogens (tertiary/aromatic N) is 2. The fourth-order valence-corrected chi connectivity index (χ4v) is 3.21. The highest BCUT2D eigenvalue weighted by Crippen LogP contribution is 2.38. The van der Waals surface area contributed by atoms with Crippen LogP contribution in [0.2, 0.25) is 0 Å². The number of phenols is 2. The fourth-order valence-electron chi connectivity index (χ4n) is 3.21. The average Bonchev–Trinajstić information content (AvgIpc) is 2.70. The molecule has 0 aromatic heterocycles. The summed E-state index contributed by atoms with van der Waals surface area (Å²) in [5.74, 6) is -1.31. The maximum absolute atomic E-state index is 13.2. The molecule has 0 heterocycles. The van der Waals surface area contributed by atoms with E-state index in [1.54, 1.807) is 27.7 Å². The van der Waals surface area contributed by atoms with E-state index in [-0.39, 0.29) is 58.7 Å². The van der Waals surface area contributed by atoms with Gasteiger partial charge < -0.3 is 10.2 Å². The van der Waals surface area contributed by atoms with Crippen LogP contribution in [0.25, 0.3) is 0 Å². The summed E-state index contributed by atoms with van der Waals surface area (Å²) in [4.78, 5) is 7.95. The number of aromatic hydroxyl groups is 2. The number of alkyl halides is 6. The van der Waals surface area contributed by atoms with Crippen molar-refractivity contribution in [2.24, 2.45) is 9.98 Å². The van der Waals surface area contributed by atoms with E-state index < -0.39 is 23.5 Å². The minimum atomic E-state index is -4.59. The predicted molar refractivity (Wildman–Crippen MR) is 119 cm³/mol. The van der Waals surface area contributed by atoms with Crippen LogP contribution in [0.1, 0.15) is 72.9 Å². The van der Waals surface area contributed by atoms with Crippen molar-refractivity contribution in [3.63, 3.8) is 0 Å². The summed E-state index contributed by atoms with van der Waals surface area (Å²) < 4.78 is 79.0. The molecule has 0 amide bonds. The quantitative estimate of drug-likeness (QED) is 0.252. The molecule has 0 bridgehead atoms.